The van der Waals surface area contributed by atoms with Gasteiger partial charge in [0.05, 0.1) is 12.0 Å². The molecule has 1 aliphatic rings. The van der Waals surface area contributed by atoms with E-state index in [2.05, 4.69) is 44.5 Å². The summed E-state index contributed by atoms with van der Waals surface area (Å²) in [5, 5.41) is 4.12. The molecule has 0 atom stereocenters. The number of aromatic nitrogens is 2. The third kappa shape index (κ3) is 4.24. The molecule has 1 fully saturated rings. The van der Waals surface area contributed by atoms with Crippen LogP contribution in [0, 0.1) is 6.92 Å². The lowest BCUT2D eigenvalue weighted by molar-refractivity contribution is 0.0526. The smallest absolute Gasteiger partial charge is 0.342 e. The van der Waals surface area contributed by atoms with Gasteiger partial charge in [0.2, 0.25) is 5.71 Å². The first-order valence-electron chi connectivity index (χ1n) is 10.1. The number of nitrogens with one attached hydrogen (secondary N) is 1. The Bertz CT molecular complexity index is 978. The van der Waals surface area contributed by atoms with E-state index in [0.29, 0.717) is 34.8 Å². The predicted molar refractivity (Wildman–Crippen MR) is 111 cm³/mol. The first kappa shape index (κ1) is 19.4. The Kier molecular flexibility index (Phi) is 5.76. The number of furan rings is 1. The van der Waals surface area contributed by atoms with E-state index >= 15 is 0 Å². The van der Waals surface area contributed by atoms with Crippen molar-refractivity contribution in [3.8, 4) is 0 Å². The van der Waals surface area contributed by atoms with Crippen molar-refractivity contribution in [1.82, 2.24) is 14.9 Å². The zero-order valence-corrected chi connectivity index (χ0v) is 16.9. The SMILES string of the molecule is CCOC(=O)c1c(C)oc2ncnc(NC3CCN(Cc4ccccc4)CC3)c12. The molecule has 29 heavy (non-hydrogen) atoms. The van der Waals surface area contributed by atoms with E-state index in [0.717, 1.165) is 32.5 Å². The van der Waals surface area contributed by atoms with Gasteiger partial charge in [-0.25, -0.2) is 14.8 Å². The number of nitrogens with zero attached hydrogens (tertiary/aromatic N) is 3. The van der Waals surface area contributed by atoms with Crippen molar-refractivity contribution < 1.29 is 13.9 Å². The maximum absolute atomic E-state index is 12.4. The lowest BCUT2D eigenvalue weighted by Gasteiger charge is -2.32. The molecule has 0 unspecified atom stereocenters. The van der Waals surface area contributed by atoms with Crippen molar-refractivity contribution in [1.29, 1.82) is 0 Å². The van der Waals surface area contributed by atoms with Crippen LogP contribution in [0.4, 0.5) is 5.82 Å². The van der Waals surface area contributed by atoms with Crippen molar-refractivity contribution in [2.45, 2.75) is 39.3 Å². The Morgan fingerprint density at radius 1 is 1.24 bits per heavy atom. The summed E-state index contributed by atoms with van der Waals surface area (Å²) in [6, 6.07) is 10.8. The van der Waals surface area contributed by atoms with Crippen LogP contribution in [0.1, 0.15) is 41.4 Å². The highest BCUT2D eigenvalue weighted by Crippen LogP contribution is 2.31. The number of hydrogen-bond acceptors (Lipinski definition) is 7. The molecule has 1 saturated heterocycles. The van der Waals surface area contributed by atoms with Crippen molar-refractivity contribution >= 4 is 22.9 Å². The summed E-state index contributed by atoms with van der Waals surface area (Å²) in [5.41, 5.74) is 2.15. The number of fused-ring (bicyclic) bond motifs is 1. The van der Waals surface area contributed by atoms with E-state index in [-0.39, 0.29) is 6.04 Å². The number of carbonyl (C=O) groups is 1. The van der Waals surface area contributed by atoms with Gasteiger partial charge in [0.1, 0.15) is 23.5 Å². The molecule has 0 bridgehead atoms. The number of esters is 1. The average Bonchev–Trinajstić information content (AvgIpc) is 3.07. The highest BCUT2D eigenvalue weighted by atomic mass is 16.5. The van der Waals surface area contributed by atoms with Crippen molar-refractivity contribution in [2.75, 3.05) is 25.0 Å². The minimum absolute atomic E-state index is 0.283. The molecular weight excluding hydrogens is 368 g/mol. The van der Waals surface area contributed by atoms with Crippen LogP contribution in [-0.4, -0.2) is 46.6 Å². The van der Waals surface area contributed by atoms with Crippen molar-refractivity contribution in [3.05, 3.63) is 53.5 Å². The van der Waals surface area contributed by atoms with Gasteiger partial charge in [-0.1, -0.05) is 30.3 Å². The third-order valence-electron chi connectivity index (χ3n) is 5.32. The summed E-state index contributed by atoms with van der Waals surface area (Å²) in [6.07, 6.45) is 3.47. The Morgan fingerprint density at radius 3 is 2.72 bits per heavy atom. The fourth-order valence-corrected chi connectivity index (χ4v) is 3.87. The van der Waals surface area contributed by atoms with Crippen LogP contribution in [0.3, 0.4) is 0 Å². The molecule has 7 heteroatoms. The van der Waals surface area contributed by atoms with Crippen LogP contribution < -0.4 is 5.32 Å². The Balaban J connectivity index is 1.47. The van der Waals surface area contributed by atoms with Gasteiger partial charge in [-0.2, -0.15) is 0 Å². The Labute approximate surface area is 170 Å². The van der Waals surface area contributed by atoms with Gasteiger partial charge in [0.25, 0.3) is 0 Å². The largest absolute Gasteiger partial charge is 0.462 e. The highest BCUT2D eigenvalue weighted by molar-refractivity contribution is 6.07. The van der Waals surface area contributed by atoms with Crippen LogP contribution in [-0.2, 0) is 11.3 Å². The van der Waals surface area contributed by atoms with Gasteiger partial charge in [0.15, 0.2) is 0 Å². The van der Waals surface area contributed by atoms with Crippen molar-refractivity contribution in [3.63, 3.8) is 0 Å². The van der Waals surface area contributed by atoms with Gasteiger partial charge in [-0.3, -0.25) is 4.90 Å². The van der Waals surface area contributed by atoms with E-state index < -0.39 is 5.97 Å². The maximum Gasteiger partial charge on any atom is 0.342 e. The van der Waals surface area contributed by atoms with Gasteiger partial charge in [-0.05, 0) is 32.3 Å². The molecule has 3 heterocycles. The molecule has 7 nitrogen and oxygen atoms in total. The molecule has 152 valence electrons. The van der Waals surface area contributed by atoms with Crippen LogP contribution >= 0.6 is 0 Å². The van der Waals surface area contributed by atoms with Gasteiger partial charge in [0, 0.05) is 25.7 Å². The number of aryl methyl sites for hydroxylation is 1. The third-order valence-corrected chi connectivity index (χ3v) is 5.32. The molecule has 0 saturated carbocycles. The molecule has 4 rings (SSSR count). The fraction of sp³-hybridized carbons (Fsp3) is 0.409. The second-order valence-electron chi connectivity index (χ2n) is 7.34. The highest BCUT2D eigenvalue weighted by Gasteiger charge is 2.26. The first-order valence-corrected chi connectivity index (χ1v) is 10.1. The number of ether oxygens (including phenoxy) is 1. The number of piperidine rings is 1. The van der Waals surface area contributed by atoms with E-state index in [1.54, 1.807) is 13.8 Å². The number of rotatable bonds is 6. The van der Waals surface area contributed by atoms with Gasteiger partial charge in [-0.15, -0.1) is 0 Å². The van der Waals surface area contributed by atoms with Crippen LogP contribution in [0.2, 0.25) is 0 Å². The number of likely N-dealkylation sites (tertiary alicyclic amines) is 1. The second-order valence-corrected chi connectivity index (χ2v) is 7.34. The fourth-order valence-electron chi connectivity index (χ4n) is 3.87. The normalized spacial score (nSPS) is 15.5. The summed E-state index contributed by atoms with van der Waals surface area (Å²) >= 11 is 0. The van der Waals surface area contributed by atoms with Gasteiger partial charge >= 0.3 is 5.97 Å². The average molecular weight is 394 g/mol. The van der Waals surface area contributed by atoms with E-state index in [4.69, 9.17) is 9.15 Å². The van der Waals surface area contributed by atoms with Crippen LogP contribution in [0.25, 0.3) is 11.1 Å². The topological polar surface area (TPSA) is 80.5 Å². The molecule has 1 aromatic carbocycles. The zero-order valence-electron chi connectivity index (χ0n) is 16.9. The van der Waals surface area contributed by atoms with E-state index in [9.17, 15) is 4.79 Å². The number of benzene rings is 1. The molecule has 3 aromatic rings. The standard InChI is InChI=1S/C22H26N4O3/c1-3-28-22(27)18-15(2)29-21-19(18)20(23-14-24-21)25-17-9-11-26(12-10-17)13-16-7-5-4-6-8-16/h4-8,14,17H,3,9-13H2,1-2H3,(H,23,24,25). The summed E-state index contributed by atoms with van der Waals surface area (Å²) in [7, 11) is 0. The molecule has 0 amide bonds. The lowest BCUT2D eigenvalue weighted by atomic mass is 10.0. The molecule has 1 aliphatic heterocycles. The quantitative estimate of drug-likeness (QED) is 0.637. The number of hydrogen-bond donors (Lipinski definition) is 1. The number of anilines is 1. The minimum atomic E-state index is -0.403. The van der Waals surface area contributed by atoms with E-state index in [1.165, 1.54) is 11.9 Å². The molecule has 0 aliphatic carbocycles. The molecular formula is C22H26N4O3. The predicted octanol–water partition coefficient (Wildman–Crippen LogP) is 3.78. The van der Waals surface area contributed by atoms with Gasteiger partial charge < -0.3 is 14.5 Å². The summed E-state index contributed by atoms with van der Waals surface area (Å²) < 4.78 is 10.9. The molecule has 1 N–H and O–H groups in total. The summed E-state index contributed by atoms with van der Waals surface area (Å²) in [4.78, 5) is 23.5. The molecule has 2 aromatic heterocycles. The van der Waals surface area contributed by atoms with E-state index in [1.807, 2.05) is 6.07 Å². The zero-order chi connectivity index (χ0) is 20.2. The Hall–Kier alpha value is -2.93. The van der Waals surface area contributed by atoms with Crippen LogP contribution in [0.5, 0.6) is 0 Å². The minimum Gasteiger partial charge on any atom is -0.462 e. The first-order chi connectivity index (χ1) is 14.2. The van der Waals surface area contributed by atoms with Crippen molar-refractivity contribution in [2.24, 2.45) is 0 Å². The lowest BCUT2D eigenvalue weighted by Crippen LogP contribution is -2.38. The van der Waals surface area contributed by atoms with Crippen LogP contribution in [0.15, 0.2) is 41.1 Å². The summed E-state index contributed by atoms with van der Waals surface area (Å²) in [5.74, 6) is 0.732. The monoisotopic (exact) mass is 394 g/mol. The Morgan fingerprint density at radius 2 is 2.00 bits per heavy atom. The maximum atomic E-state index is 12.4. The molecule has 0 spiro atoms. The number of carbonyl (C=O) groups excluding carboxylic acids is 1. The summed E-state index contributed by atoms with van der Waals surface area (Å²) in [6.45, 7) is 6.83. The second kappa shape index (κ2) is 8.61. The molecule has 0 radical (unpaired) electrons.